The highest BCUT2D eigenvalue weighted by Crippen LogP contribution is 2.61. The molecule has 0 saturated carbocycles. The summed E-state index contributed by atoms with van der Waals surface area (Å²) in [7, 11) is 0. The summed E-state index contributed by atoms with van der Waals surface area (Å²) in [5.41, 5.74) is -1.02. The Morgan fingerprint density at radius 1 is 0.655 bits per heavy atom. The number of carbonyl (C=O) groups is 1. The zero-order valence-corrected chi connectivity index (χ0v) is 13.5. The SMILES string of the molecule is C=C(CC)C(=O)NC(F)(F)C(F)(F)C(F)(F)C(F)(F)C(F)(F)C(F)(F)C(F)(F)F. The van der Waals surface area contributed by atoms with Crippen LogP contribution >= 0.6 is 0 Å². The van der Waals surface area contributed by atoms with E-state index in [2.05, 4.69) is 6.58 Å². The van der Waals surface area contributed by atoms with Gasteiger partial charge in [-0.05, 0) is 6.42 Å². The van der Waals surface area contributed by atoms with Crippen molar-refractivity contribution in [3.8, 4) is 0 Å². The molecular formula is C12H8F15NO. The van der Waals surface area contributed by atoms with E-state index in [0.29, 0.717) is 0 Å². The van der Waals surface area contributed by atoms with Crippen molar-refractivity contribution in [3.05, 3.63) is 12.2 Å². The Labute approximate surface area is 150 Å². The summed E-state index contributed by atoms with van der Waals surface area (Å²) in [5, 5.41) is -0.244. The minimum atomic E-state index is -8.39. The van der Waals surface area contributed by atoms with Gasteiger partial charge < -0.3 is 0 Å². The van der Waals surface area contributed by atoms with E-state index in [1.54, 1.807) is 0 Å². The number of hydrogen-bond donors (Lipinski definition) is 1. The average molecular weight is 467 g/mol. The van der Waals surface area contributed by atoms with Crippen LogP contribution in [0.4, 0.5) is 65.9 Å². The van der Waals surface area contributed by atoms with Crippen molar-refractivity contribution in [2.75, 3.05) is 0 Å². The lowest BCUT2D eigenvalue weighted by Crippen LogP contribution is -2.74. The molecule has 0 heterocycles. The second-order valence-corrected chi connectivity index (χ2v) is 5.36. The molecule has 0 fully saturated rings. The lowest BCUT2D eigenvalue weighted by molar-refractivity contribution is -0.453. The highest BCUT2D eigenvalue weighted by molar-refractivity contribution is 5.93. The minimum Gasteiger partial charge on any atom is -0.288 e. The summed E-state index contributed by atoms with van der Waals surface area (Å²) in [6, 6.07) is -6.82. The Morgan fingerprint density at radius 3 is 1.28 bits per heavy atom. The van der Waals surface area contributed by atoms with Crippen LogP contribution < -0.4 is 5.32 Å². The van der Waals surface area contributed by atoms with Gasteiger partial charge in [0.1, 0.15) is 0 Å². The number of hydrogen-bond acceptors (Lipinski definition) is 1. The predicted octanol–water partition coefficient (Wildman–Crippen LogP) is 5.40. The molecule has 0 atom stereocenters. The molecular weight excluding hydrogens is 459 g/mol. The van der Waals surface area contributed by atoms with Gasteiger partial charge in [-0.3, -0.25) is 10.1 Å². The van der Waals surface area contributed by atoms with E-state index >= 15 is 0 Å². The zero-order valence-electron chi connectivity index (χ0n) is 13.5. The van der Waals surface area contributed by atoms with E-state index in [1.165, 1.54) is 0 Å². The van der Waals surface area contributed by atoms with Crippen molar-refractivity contribution >= 4 is 5.91 Å². The molecule has 1 amide bonds. The van der Waals surface area contributed by atoms with Crippen molar-refractivity contribution in [2.45, 2.75) is 55.2 Å². The quantitative estimate of drug-likeness (QED) is 0.289. The number of nitrogens with one attached hydrogen (secondary N) is 1. The Hall–Kier alpha value is -1.84. The van der Waals surface area contributed by atoms with Gasteiger partial charge in [-0.25, -0.2) is 0 Å². The van der Waals surface area contributed by atoms with Gasteiger partial charge in [0.15, 0.2) is 0 Å². The molecule has 17 heteroatoms. The summed E-state index contributed by atoms with van der Waals surface area (Å²) >= 11 is 0. The van der Waals surface area contributed by atoms with E-state index in [4.69, 9.17) is 0 Å². The maximum absolute atomic E-state index is 13.3. The van der Waals surface area contributed by atoms with Crippen LogP contribution in [0.3, 0.4) is 0 Å². The molecule has 0 aliphatic carbocycles. The first-order valence-corrected chi connectivity index (χ1v) is 6.70. The van der Waals surface area contributed by atoms with Crippen molar-refractivity contribution in [1.82, 2.24) is 5.32 Å². The largest absolute Gasteiger partial charge is 0.460 e. The molecule has 0 aliphatic heterocycles. The van der Waals surface area contributed by atoms with Gasteiger partial charge in [0, 0.05) is 5.57 Å². The number of amides is 1. The molecule has 0 aromatic heterocycles. The molecule has 0 rings (SSSR count). The standard InChI is InChI=1S/C12H8F15NO/c1-3-4(2)5(29)28-12(26,27)10(21,22)8(17,18)6(13,14)7(15,16)9(19,20)11(23,24)25/h2-3H2,1H3,(H,28,29). The molecule has 0 aromatic carbocycles. The Balaban J connectivity index is 6.43. The van der Waals surface area contributed by atoms with Crippen LogP contribution in [-0.4, -0.2) is 47.7 Å². The minimum absolute atomic E-state index is 0.244. The fourth-order valence-electron chi connectivity index (χ4n) is 1.44. The molecule has 1 N–H and O–H groups in total. The Kier molecular flexibility index (Phi) is 6.69. The van der Waals surface area contributed by atoms with E-state index in [0.717, 1.165) is 6.92 Å². The van der Waals surface area contributed by atoms with E-state index in [-0.39, 0.29) is 5.32 Å². The normalized spacial score (nSPS) is 15.3. The number of carbonyl (C=O) groups excluding carboxylic acids is 1. The monoisotopic (exact) mass is 467 g/mol. The molecule has 0 saturated heterocycles. The van der Waals surface area contributed by atoms with E-state index in [1.807, 2.05) is 0 Å². The predicted molar refractivity (Wildman–Crippen MR) is 63.3 cm³/mol. The summed E-state index contributed by atoms with van der Waals surface area (Å²) in [5.74, 6) is -43.1. The topological polar surface area (TPSA) is 29.1 Å². The van der Waals surface area contributed by atoms with Crippen molar-refractivity contribution in [3.63, 3.8) is 0 Å². The van der Waals surface area contributed by atoms with E-state index < -0.39 is 59.7 Å². The third-order valence-electron chi connectivity index (χ3n) is 3.35. The lowest BCUT2D eigenvalue weighted by Gasteiger charge is -2.41. The number of rotatable bonds is 8. The maximum Gasteiger partial charge on any atom is 0.460 e. The lowest BCUT2D eigenvalue weighted by atomic mass is 9.93. The van der Waals surface area contributed by atoms with Crippen molar-refractivity contribution in [2.24, 2.45) is 0 Å². The summed E-state index contributed by atoms with van der Waals surface area (Å²) in [6.45, 7) is 3.67. The molecule has 0 spiro atoms. The molecule has 0 aromatic rings. The smallest absolute Gasteiger partial charge is 0.288 e. The average Bonchev–Trinajstić information content (AvgIpc) is 2.51. The van der Waals surface area contributed by atoms with Crippen molar-refractivity contribution in [1.29, 1.82) is 0 Å². The van der Waals surface area contributed by atoms with Gasteiger partial charge in [-0.15, -0.1) is 0 Å². The van der Waals surface area contributed by atoms with Gasteiger partial charge in [-0.2, -0.15) is 65.9 Å². The highest BCUT2D eigenvalue weighted by atomic mass is 19.4. The first kappa shape index (κ1) is 27.2. The van der Waals surface area contributed by atoms with Gasteiger partial charge in [0.05, 0.1) is 0 Å². The molecule has 0 aliphatic rings. The Morgan fingerprint density at radius 2 is 0.966 bits per heavy atom. The highest BCUT2D eigenvalue weighted by Gasteiger charge is 2.93. The van der Waals surface area contributed by atoms with Crippen LogP contribution in [0, 0.1) is 0 Å². The molecule has 0 bridgehead atoms. The molecule has 2 nitrogen and oxygen atoms in total. The van der Waals surface area contributed by atoms with Gasteiger partial charge in [0.25, 0.3) is 5.91 Å². The van der Waals surface area contributed by atoms with Crippen LogP contribution in [0.2, 0.25) is 0 Å². The first-order chi connectivity index (χ1) is 12.4. The summed E-state index contributed by atoms with van der Waals surface area (Å²) in [4.78, 5) is 11.0. The van der Waals surface area contributed by atoms with Gasteiger partial charge in [0.2, 0.25) is 0 Å². The van der Waals surface area contributed by atoms with Crippen LogP contribution in [0.1, 0.15) is 13.3 Å². The van der Waals surface area contributed by atoms with Crippen LogP contribution in [0.5, 0.6) is 0 Å². The molecule has 0 radical (unpaired) electrons. The van der Waals surface area contributed by atoms with Crippen molar-refractivity contribution < 1.29 is 70.7 Å². The zero-order chi connectivity index (χ0) is 24.1. The van der Waals surface area contributed by atoms with Crippen LogP contribution in [-0.2, 0) is 4.79 Å². The first-order valence-electron chi connectivity index (χ1n) is 6.70. The van der Waals surface area contributed by atoms with Crippen LogP contribution in [0.25, 0.3) is 0 Å². The Bertz CT molecular complexity index is 648. The summed E-state index contributed by atoms with van der Waals surface area (Å²) in [6.07, 6.45) is -8.25. The van der Waals surface area contributed by atoms with Gasteiger partial charge >= 0.3 is 41.8 Å². The summed E-state index contributed by atoms with van der Waals surface area (Å²) < 4.78 is 193. The molecule has 172 valence electrons. The number of alkyl halides is 15. The second-order valence-electron chi connectivity index (χ2n) is 5.36. The molecule has 0 unspecified atom stereocenters. The van der Waals surface area contributed by atoms with Crippen LogP contribution in [0.15, 0.2) is 12.2 Å². The van der Waals surface area contributed by atoms with Gasteiger partial charge in [-0.1, -0.05) is 13.5 Å². The fourth-order valence-corrected chi connectivity index (χ4v) is 1.44. The molecule has 29 heavy (non-hydrogen) atoms. The van der Waals surface area contributed by atoms with E-state index in [9.17, 15) is 70.7 Å². The second kappa shape index (κ2) is 7.14. The third kappa shape index (κ3) is 3.83. The fraction of sp³-hybridized carbons (Fsp3) is 0.750. The number of halogens is 15. The third-order valence-corrected chi connectivity index (χ3v) is 3.35. The maximum atomic E-state index is 13.3.